The van der Waals surface area contributed by atoms with E-state index in [9.17, 15) is 17.6 Å². The van der Waals surface area contributed by atoms with Crippen LogP contribution in [0.25, 0.3) is 0 Å². The van der Waals surface area contributed by atoms with Crippen molar-refractivity contribution < 1.29 is 17.6 Å². The minimum absolute atomic E-state index is 0.0199. The van der Waals surface area contributed by atoms with Gasteiger partial charge in [0, 0.05) is 36.8 Å². The molecule has 1 saturated carbocycles. The van der Waals surface area contributed by atoms with Crippen LogP contribution in [0, 0.1) is 5.82 Å². The molecule has 0 spiro atoms. The standard InChI is InChI=1S/C20H21FN2O3S/c21-19-5-2-1-4-15(19)14-23(17-7-8-17)27(25,26)18-11-9-16(10-12-18)22-13-3-6-20(22)24/h1-2,4-5,9-12,17H,3,6-8,13-14H2. The number of carbonyl (C=O) groups excluding carboxylic acids is 1. The lowest BCUT2D eigenvalue weighted by atomic mass is 10.2. The number of sulfonamides is 1. The molecule has 1 aliphatic heterocycles. The molecule has 142 valence electrons. The fourth-order valence-electron chi connectivity index (χ4n) is 3.42. The molecule has 2 aromatic rings. The molecule has 1 aliphatic carbocycles. The van der Waals surface area contributed by atoms with Crippen LogP contribution in [0.4, 0.5) is 10.1 Å². The first kappa shape index (κ1) is 18.1. The Morgan fingerprint density at radius 1 is 1.07 bits per heavy atom. The summed E-state index contributed by atoms with van der Waals surface area (Å²) in [5.74, 6) is -0.342. The van der Waals surface area contributed by atoms with Gasteiger partial charge in [0.25, 0.3) is 0 Å². The summed E-state index contributed by atoms with van der Waals surface area (Å²) in [6.07, 6.45) is 2.91. The Balaban J connectivity index is 1.60. The number of hydrogen-bond acceptors (Lipinski definition) is 3. The molecule has 0 radical (unpaired) electrons. The normalized spacial score (nSPS) is 17.7. The third-order valence-corrected chi connectivity index (χ3v) is 6.98. The minimum Gasteiger partial charge on any atom is -0.312 e. The molecule has 2 fully saturated rings. The monoisotopic (exact) mass is 388 g/mol. The molecule has 2 aromatic carbocycles. The molecular weight excluding hydrogens is 367 g/mol. The van der Waals surface area contributed by atoms with Gasteiger partial charge in [0.05, 0.1) is 4.90 Å². The maximum atomic E-state index is 14.0. The number of rotatable bonds is 6. The lowest BCUT2D eigenvalue weighted by molar-refractivity contribution is -0.117. The van der Waals surface area contributed by atoms with Crippen molar-refractivity contribution in [1.29, 1.82) is 0 Å². The van der Waals surface area contributed by atoms with Crippen LogP contribution in [0.5, 0.6) is 0 Å². The maximum absolute atomic E-state index is 14.0. The first-order chi connectivity index (χ1) is 13.0. The van der Waals surface area contributed by atoms with E-state index in [1.54, 1.807) is 35.2 Å². The van der Waals surface area contributed by atoms with Crippen LogP contribution in [0.15, 0.2) is 53.4 Å². The Morgan fingerprint density at radius 2 is 1.78 bits per heavy atom. The second-order valence-corrected chi connectivity index (χ2v) is 8.91. The number of nitrogens with zero attached hydrogens (tertiary/aromatic N) is 2. The third kappa shape index (κ3) is 3.61. The van der Waals surface area contributed by atoms with Gasteiger partial charge in [0.1, 0.15) is 5.82 Å². The summed E-state index contributed by atoms with van der Waals surface area (Å²) in [6.45, 7) is 0.679. The highest BCUT2D eigenvalue weighted by atomic mass is 32.2. The fraction of sp³-hybridized carbons (Fsp3) is 0.350. The van der Waals surface area contributed by atoms with Crippen molar-refractivity contribution in [2.45, 2.75) is 43.2 Å². The summed E-state index contributed by atoms with van der Waals surface area (Å²) in [4.78, 5) is 13.7. The number of halogens is 1. The molecule has 0 N–H and O–H groups in total. The van der Waals surface area contributed by atoms with Gasteiger partial charge in [-0.3, -0.25) is 4.79 Å². The molecule has 4 rings (SSSR count). The van der Waals surface area contributed by atoms with Crippen molar-refractivity contribution >= 4 is 21.6 Å². The largest absolute Gasteiger partial charge is 0.312 e. The quantitative estimate of drug-likeness (QED) is 0.763. The molecule has 27 heavy (non-hydrogen) atoms. The topological polar surface area (TPSA) is 57.7 Å². The van der Waals surface area contributed by atoms with Gasteiger partial charge in [0.15, 0.2) is 0 Å². The van der Waals surface area contributed by atoms with Crippen molar-refractivity contribution in [1.82, 2.24) is 4.31 Å². The zero-order chi connectivity index (χ0) is 19.0. The van der Waals surface area contributed by atoms with Crippen LogP contribution in [-0.4, -0.2) is 31.2 Å². The fourth-order valence-corrected chi connectivity index (χ4v) is 5.09. The van der Waals surface area contributed by atoms with Gasteiger partial charge in [-0.1, -0.05) is 18.2 Å². The Labute approximate surface area is 158 Å². The molecule has 1 amide bonds. The zero-order valence-electron chi connectivity index (χ0n) is 14.8. The molecule has 5 nitrogen and oxygen atoms in total. The van der Waals surface area contributed by atoms with Gasteiger partial charge in [-0.15, -0.1) is 0 Å². The number of benzene rings is 2. The van der Waals surface area contributed by atoms with E-state index >= 15 is 0 Å². The van der Waals surface area contributed by atoms with E-state index < -0.39 is 15.8 Å². The SMILES string of the molecule is O=C1CCCN1c1ccc(S(=O)(=O)N(Cc2ccccc2F)C2CC2)cc1. The molecule has 0 atom stereocenters. The second-order valence-electron chi connectivity index (χ2n) is 7.02. The first-order valence-corrected chi connectivity index (χ1v) is 10.6. The van der Waals surface area contributed by atoms with E-state index in [0.717, 1.165) is 19.3 Å². The summed E-state index contributed by atoms with van der Waals surface area (Å²) in [7, 11) is -3.74. The van der Waals surface area contributed by atoms with Crippen LogP contribution in [-0.2, 0) is 21.4 Å². The van der Waals surface area contributed by atoms with E-state index in [0.29, 0.717) is 24.2 Å². The van der Waals surface area contributed by atoms with E-state index in [1.165, 1.54) is 22.5 Å². The maximum Gasteiger partial charge on any atom is 0.243 e. The Bertz CT molecular complexity index is 955. The van der Waals surface area contributed by atoms with Gasteiger partial charge >= 0.3 is 0 Å². The van der Waals surface area contributed by atoms with E-state index in [1.807, 2.05) is 0 Å². The van der Waals surface area contributed by atoms with Crippen molar-refractivity contribution in [2.75, 3.05) is 11.4 Å². The van der Waals surface area contributed by atoms with E-state index in [4.69, 9.17) is 0 Å². The average molecular weight is 388 g/mol. The van der Waals surface area contributed by atoms with Crippen LogP contribution < -0.4 is 4.90 Å². The molecule has 2 aliphatic rings. The van der Waals surface area contributed by atoms with Gasteiger partial charge in [-0.25, -0.2) is 12.8 Å². The van der Waals surface area contributed by atoms with Crippen molar-refractivity contribution in [3.63, 3.8) is 0 Å². The number of amides is 1. The Kier molecular flexibility index (Phi) is 4.74. The van der Waals surface area contributed by atoms with Crippen molar-refractivity contribution in [3.8, 4) is 0 Å². The summed E-state index contributed by atoms with van der Waals surface area (Å²) in [5.41, 5.74) is 1.08. The highest BCUT2D eigenvalue weighted by molar-refractivity contribution is 7.89. The predicted octanol–water partition coefficient (Wildman–Crippen LogP) is 3.31. The molecule has 7 heteroatoms. The third-order valence-electron chi connectivity index (χ3n) is 5.07. The van der Waals surface area contributed by atoms with Crippen LogP contribution in [0.3, 0.4) is 0 Å². The van der Waals surface area contributed by atoms with Crippen LogP contribution >= 0.6 is 0 Å². The predicted molar refractivity (Wildman–Crippen MR) is 100 cm³/mol. The number of hydrogen-bond donors (Lipinski definition) is 0. The highest BCUT2D eigenvalue weighted by Crippen LogP contribution is 2.34. The molecule has 1 saturated heterocycles. The van der Waals surface area contributed by atoms with Crippen molar-refractivity contribution in [2.24, 2.45) is 0 Å². The Hall–Kier alpha value is -2.25. The summed E-state index contributed by atoms with van der Waals surface area (Å²) >= 11 is 0. The smallest absolute Gasteiger partial charge is 0.243 e. The second kappa shape index (κ2) is 7.05. The van der Waals surface area contributed by atoms with Gasteiger partial charge in [-0.05, 0) is 49.6 Å². The number of carbonyl (C=O) groups is 1. The highest BCUT2D eigenvalue weighted by Gasteiger charge is 2.38. The summed E-state index contributed by atoms with van der Waals surface area (Å²) < 4.78 is 41.7. The first-order valence-electron chi connectivity index (χ1n) is 9.12. The van der Waals surface area contributed by atoms with Crippen molar-refractivity contribution in [3.05, 3.63) is 59.9 Å². The average Bonchev–Trinajstić information content (AvgIpc) is 3.41. The van der Waals surface area contributed by atoms with Gasteiger partial charge < -0.3 is 4.90 Å². The molecule has 0 bridgehead atoms. The summed E-state index contributed by atoms with van der Waals surface area (Å²) in [5, 5.41) is 0. The van der Waals surface area contributed by atoms with Crippen LogP contribution in [0.1, 0.15) is 31.2 Å². The summed E-state index contributed by atoms with van der Waals surface area (Å²) in [6, 6.07) is 12.6. The molecular formula is C20H21FN2O3S. The lowest BCUT2D eigenvalue weighted by Crippen LogP contribution is -2.33. The minimum atomic E-state index is -3.74. The van der Waals surface area contributed by atoms with E-state index in [-0.39, 0.29) is 23.4 Å². The Morgan fingerprint density at radius 3 is 2.37 bits per heavy atom. The lowest BCUT2D eigenvalue weighted by Gasteiger charge is -2.23. The molecule has 0 unspecified atom stereocenters. The van der Waals surface area contributed by atoms with Gasteiger partial charge in [-0.2, -0.15) is 4.31 Å². The van der Waals surface area contributed by atoms with E-state index in [2.05, 4.69) is 0 Å². The van der Waals surface area contributed by atoms with Gasteiger partial charge in [0.2, 0.25) is 15.9 Å². The molecule has 1 heterocycles. The molecule has 0 aromatic heterocycles. The zero-order valence-corrected chi connectivity index (χ0v) is 15.7. The van der Waals surface area contributed by atoms with Crippen LogP contribution in [0.2, 0.25) is 0 Å². The number of anilines is 1.